The minimum Gasteiger partial charge on any atom is -0.506 e. The maximum absolute atomic E-state index is 12.1. The van der Waals surface area contributed by atoms with E-state index in [1.807, 2.05) is 13.0 Å². The van der Waals surface area contributed by atoms with Crippen molar-refractivity contribution in [1.29, 1.82) is 0 Å². The van der Waals surface area contributed by atoms with Gasteiger partial charge in [-0.3, -0.25) is 4.79 Å². The van der Waals surface area contributed by atoms with Gasteiger partial charge in [0.15, 0.2) is 0 Å². The second-order valence-electron chi connectivity index (χ2n) is 4.70. The van der Waals surface area contributed by atoms with E-state index in [0.717, 1.165) is 5.56 Å². The molecule has 110 valence electrons. The summed E-state index contributed by atoms with van der Waals surface area (Å²) < 4.78 is 5.20. The number of phenols is 1. The van der Waals surface area contributed by atoms with Gasteiger partial charge in [-0.1, -0.05) is 17.7 Å². The summed E-state index contributed by atoms with van der Waals surface area (Å²) in [6, 6.07) is 10.2. The molecule has 0 aromatic heterocycles. The molecular formula is C16H16ClNO3. The normalized spacial score (nSPS) is 10.2. The maximum atomic E-state index is 12.1. The summed E-state index contributed by atoms with van der Waals surface area (Å²) in [5.41, 5.74) is 1.99. The SMILES string of the molecule is COc1ccc(Cl)cc1CC(=O)Nc1ccc(C)cc1O. The molecule has 0 atom stereocenters. The van der Waals surface area contributed by atoms with Crippen LogP contribution in [0, 0.1) is 6.92 Å². The lowest BCUT2D eigenvalue weighted by atomic mass is 10.1. The molecule has 0 aliphatic heterocycles. The standard InChI is InChI=1S/C16H16ClNO3/c1-10-3-5-13(14(19)7-10)18-16(20)9-11-8-12(17)4-6-15(11)21-2/h3-8,19H,9H2,1-2H3,(H,18,20). The highest BCUT2D eigenvalue weighted by molar-refractivity contribution is 6.30. The zero-order valence-corrected chi connectivity index (χ0v) is 12.6. The lowest BCUT2D eigenvalue weighted by molar-refractivity contribution is -0.115. The van der Waals surface area contributed by atoms with Crippen molar-refractivity contribution in [3.05, 3.63) is 52.5 Å². The lowest BCUT2D eigenvalue weighted by Gasteiger charge is -2.10. The summed E-state index contributed by atoms with van der Waals surface area (Å²) in [5, 5.41) is 13.0. The second kappa shape index (κ2) is 6.50. The van der Waals surface area contributed by atoms with Crippen molar-refractivity contribution in [3.8, 4) is 11.5 Å². The first-order chi connectivity index (χ1) is 9.99. The Morgan fingerprint density at radius 3 is 2.71 bits per heavy atom. The van der Waals surface area contributed by atoms with Crippen molar-refractivity contribution >= 4 is 23.2 Å². The Hall–Kier alpha value is -2.20. The van der Waals surface area contributed by atoms with Crippen molar-refractivity contribution in [2.45, 2.75) is 13.3 Å². The van der Waals surface area contributed by atoms with E-state index in [-0.39, 0.29) is 18.1 Å². The number of hydrogen-bond donors (Lipinski definition) is 2. The second-order valence-corrected chi connectivity index (χ2v) is 5.14. The summed E-state index contributed by atoms with van der Waals surface area (Å²) in [6.45, 7) is 1.86. The van der Waals surface area contributed by atoms with Crippen LogP contribution in [-0.2, 0) is 11.2 Å². The van der Waals surface area contributed by atoms with Gasteiger partial charge in [-0.2, -0.15) is 0 Å². The molecule has 2 aromatic rings. The van der Waals surface area contributed by atoms with Crippen LogP contribution in [0.1, 0.15) is 11.1 Å². The summed E-state index contributed by atoms with van der Waals surface area (Å²) in [5.74, 6) is 0.388. The highest BCUT2D eigenvalue weighted by Crippen LogP contribution is 2.26. The number of methoxy groups -OCH3 is 1. The Kier molecular flexibility index (Phi) is 4.70. The number of halogens is 1. The molecule has 2 aromatic carbocycles. The fraction of sp³-hybridized carbons (Fsp3) is 0.188. The molecule has 21 heavy (non-hydrogen) atoms. The largest absolute Gasteiger partial charge is 0.506 e. The quantitative estimate of drug-likeness (QED) is 0.849. The van der Waals surface area contributed by atoms with Crippen LogP contribution in [0.25, 0.3) is 0 Å². The zero-order valence-electron chi connectivity index (χ0n) is 11.8. The molecule has 2 N–H and O–H groups in total. The van der Waals surface area contributed by atoms with Crippen LogP contribution in [0.4, 0.5) is 5.69 Å². The first-order valence-electron chi connectivity index (χ1n) is 6.41. The minimum absolute atomic E-state index is 0.0430. The van der Waals surface area contributed by atoms with E-state index in [4.69, 9.17) is 16.3 Å². The third kappa shape index (κ3) is 3.89. The number of benzene rings is 2. The fourth-order valence-corrected chi connectivity index (χ4v) is 2.19. The smallest absolute Gasteiger partial charge is 0.229 e. The maximum Gasteiger partial charge on any atom is 0.229 e. The third-order valence-electron chi connectivity index (χ3n) is 3.02. The molecule has 0 aliphatic rings. The van der Waals surface area contributed by atoms with E-state index in [2.05, 4.69) is 5.32 Å². The van der Waals surface area contributed by atoms with Crippen LogP contribution >= 0.6 is 11.6 Å². The molecular weight excluding hydrogens is 290 g/mol. The number of rotatable bonds is 4. The number of phenolic OH excluding ortho intramolecular Hbond substituents is 1. The average Bonchev–Trinajstić information content (AvgIpc) is 2.42. The van der Waals surface area contributed by atoms with Gasteiger partial charge in [-0.05, 0) is 42.8 Å². The number of aryl methyl sites for hydroxylation is 1. The molecule has 2 rings (SSSR count). The van der Waals surface area contributed by atoms with E-state index in [0.29, 0.717) is 22.0 Å². The number of hydrogen-bond acceptors (Lipinski definition) is 3. The predicted molar refractivity (Wildman–Crippen MR) is 83.2 cm³/mol. The monoisotopic (exact) mass is 305 g/mol. The Bertz CT molecular complexity index is 671. The summed E-state index contributed by atoms with van der Waals surface area (Å²) >= 11 is 5.93. The van der Waals surface area contributed by atoms with Gasteiger partial charge in [0.05, 0.1) is 19.2 Å². The van der Waals surface area contributed by atoms with Crippen LogP contribution in [0.2, 0.25) is 5.02 Å². The van der Waals surface area contributed by atoms with Gasteiger partial charge in [0.25, 0.3) is 0 Å². The van der Waals surface area contributed by atoms with E-state index < -0.39 is 0 Å². The molecule has 5 heteroatoms. The number of carbonyl (C=O) groups is 1. The summed E-state index contributed by atoms with van der Waals surface area (Å²) in [7, 11) is 1.54. The Morgan fingerprint density at radius 1 is 1.29 bits per heavy atom. The highest BCUT2D eigenvalue weighted by atomic mass is 35.5. The van der Waals surface area contributed by atoms with Gasteiger partial charge in [0.1, 0.15) is 11.5 Å². The number of amides is 1. The summed E-state index contributed by atoms with van der Waals surface area (Å²) in [4.78, 5) is 12.1. The molecule has 1 amide bonds. The van der Waals surface area contributed by atoms with Crippen LogP contribution in [0.5, 0.6) is 11.5 Å². The van der Waals surface area contributed by atoms with Crippen molar-refractivity contribution in [3.63, 3.8) is 0 Å². The van der Waals surface area contributed by atoms with E-state index in [1.54, 1.807) is 30.3 Å². The molecule has 0 bridgehead atoms. The Balaban J connectivity index is 2.13. The molecule has 0 aliphatic carbocycles. The third-order valence-corrected chi connectivity index (χ3v) is 3.26. The topological polar surface area (TPSA) is 58.6 Å². The molecule has 0 radical (unpaired) electrons. The molecule has 0 spiro atoms. The number of anilines is 1. The van der Waals surface area contributed by atoms with E-state index in [1.165, 1.54) is 7.11 Å². The molecule has 0 saturated carbocycles. The summed E-state index contributed by atoms with van der Waals surface area (Å²) in [6.07, 6.45) is 0.108. The van der Waals surface area contributed by atoms with Gasteiger partial charge in [-0.25, -0.2) is 0 Å². The van der Waals surface area contributed by atoms with E-state index >= 15 is 0 Å². The Labute approximate surface area is 128 Å². The van der Waals surface area contributed by atoms with Gasteiger partial charge in [-0.15, -0.1) is 0 Å². The molecule has 4 nitrogen and oxygen atoms in total. The number of ether oxygens (including phenoxy) is 1. The molecule has 0 saturated heterocycles. The van der Waals surface area contributed by atoms with E-state index in [9.17, 15) is 9.90 Å². The first-order valence-corrected chi connectivity index (χ1v) is 6.79. The molecule has 0 fully saturated rings. The van der Waals surface area contributed by atoms with Crippen molar-refractivity contribution in [1.82, 2.24) is 0 Å². The Morgan fingerprint density at radius 2 is 2.05 bits per heavy atom. The number of aromatic hydroxyl groups is 1. The van der Waals surface area contributed by atoms with Gasteiger partial charge in [0, 0.05) is 10.6 Å². The van der Waals surface area contributed by atoms with Crippen LogP contribution in [-0.4, -0.2) is 18.1 Å². The number of nitrogens with one attached hydrogen (secondary N) is 1. The molecule has 0 heterocycles. The van der Waals surface area contributed by atoms with Crippen LogP contribution in [0.3, 0.4) is 0 Å². The van der Waals surface area contributed by atoms with Crippen molar-refractivity contribution in [2.75, 3.05) is 12.4 Å². The lowest BCUT2D eigenvalue weighted by Crippen LogP contribution is -2.15. The highest BCUT2D eigenvalue weighted by Gasteiger charge is 2.11. The molecule has 0 unspecified atom stereocenters. The van der Waals surface area contributed by atoms with Gasteiger partial charge >= 0.3 is 0 Å². The predicted octanol–water partition coefficient (Wildman–Crippen LogP) is 3.54. The van der Waals surface area contributed by atoms with Crippen molar-refractivity contribution in [2.24, 2.45) is 0 Å². The fourth-order valence-electron chi connectivity index (χ4n) is 2.00. The zero-order chi connectivity index (χ0) is 15.4. The average molecular weight is 306 g/mol. The van der Waals surface area contributed by atoms with Gasteiger partial charge < -0.3 is 15.2 Å². The van der Waals surface area contributed by atoms with Crippen LogP contribution in [0.15, 0.2) is 36.4 Å². The minimum atomic E-state index is -0.255. The van der Waals surface area contributed by atoms with Crippen molar-refractivity contribution < 1.29 is 14.6 Å². The number of carbonyl (C=O) groups excluding carboxylic acids is 1. The van der Waals surface area contributed by atoms with Crippen LogP contribution < -0.4 is 10.1 Å². The first kappa shape index (κ1) is 15.2. The van der Waals surface area contributed by atoms with Gasteiger partial charge in [0.2, 0.25) is 5.91 Å².